The molecular weight excluding hydrogens is 502 g/mol. The number of nitrogens with zero attached hydrogens (tertiary/aromatic N) is 2. The first-order valence-electron chi connectivity index (χ1n) is 11.9. The average Bonchev–Trinajstić information content (AvgIpc) is 3.30. The number of nitrogens with one attached hydrogen (secondary N) is 1. The number of imidazole rings is 1. The summed E-state index contributed by atoms with van der Waals surface area (Å²) in [5.41, 5.74) is 4.46. The molecule has 38 heavy (non-hydrogen) atoms. The number of methoxy groups -OCH3 is 2. The minimum Gasteiger partial charge on any atom is -0.497 e. The van der Waals surface area contributed by atoms with Gasteiger partial charge in [0.15, 0.2) is 11.5 Å². The van der Waals surface area contributed by atoms with Crippen molar-refractivity contribution in [1.82, 2.24) is 9.38 Å². The van der Waals surface area contributed by atoms with Gasteiger partial charge in [0.1, 0.15) is 27.8 Å². The minimum atomic E-state index is -4.09. The highest BCUT2D eigenvalue weighted by Crippen LogP contribution is 2.37. The average molecular weight is 530 g/mol. The van der Waals surface area contributed by atoms with Gasteiger partial charge in [-0.25, -0.2) is 4.98 Å². The van der Waals surface area contributed by atoms with Crippen molar-refractivity contribution >= 4 is 21.6 Å². The number of hydrogen-bond donors (Lipinski definition) is 1. The summed E-state index contributed by atoms with van der Waals surface area (Å²) in [5, 5.41) is 3.51. The third kappa shape index (κ3) is 5.14. The quantitative estimate of drug-likeness (QED) is 0.245. The van der Waals surface area contributed by atoms with E-state index in [1.807, 2.05) is 47.9 Å². The van der Waals surface area contributed by atoms with Crippen molar-refractivity contribution in [2.45, 2.75) is 18.4 Å². The summed E-state index contributed by atoms with van der Waals surface area (Å²) in [7, 11) is -1.11. The summed E-state index contributed by atoms with van der Waals surface area (Å²) >= 11 is 0. The van der Waals surface area contributed by atoms with Crippen LogP contribution in [0.25, 0.3) is 16.9 Å². The largest absolute Gasteiger partial charge is 0.497 e. The van der Waals surface area contributed by atoms with Crippen LogP contribution >= 0.6 is 0 Å². The number of benzene rings is 3. The van der Waals surface area contributed by atoms with Crippen molar-refractivity contribution in [2.24, 2.45) is 0 Å². The van der Waals surface area contributed by atoms with Crippen molar-refractivity contribution < 1.29 is 22.1 Å². The topological polar surface area (TPSA) is 91.2 Å². The molecule has 0 aliphatic carbocycles. The van der Waals surface area contributed by atoms with Gasteiger partial charge in [-0.3, -0.25) is 4.40 Å². The molecule has 0 aliphatic heterocycles. The van der Waals surface area contributed by atoms with Crippen LogP contribution in [0.5, 0.6) is 17.2 Å². The van der Waals surface area contributed by atoms with E-state index in [4.69, 9.17) is 18.6 Å². The molecular formula is C29H27N3O5S. The fourth-order valence-corrected chi connectivity index (χ4v) is 5.03. The molecule has 2 heterocycles. The predicted octanol–water partition coefficient (Wildman–Crippen LogP) is 5.71. The number of ether oxygens (including phenoxy) is 2. The third-order valence-corrected chi connectivity index (χ3v) is 7.32. The lowest BCUT2D eigenvalue weighted by Gasteiger charge is -2.13. The molecule has 5 aromatic rings. The van der Waals surface area contributed by atoms with Crippen LogP contribution in [0, 0.1) is 6.92 Å². The van der Waals surface area contributed by atoms with Gasteiger partial charge >= 0.3 is 10.1 Å². The van der Waals surface area contributed by atoms with E-state index in [0.29, 0.717) is 18.0 Å². The Bertz CT molecular complexity index is 1680. The molecule has 8 nitrogen and oxygen atoms in total. The Morgan fingerprint density at radius 1 is 0.868 bits per heavy atom. The number of anilines is 1. The summed E-state index contributed by atoms with van der Waals surface area (Å²) in [5.74, 6) is 1.70. The molecule has 0 amide bonds. The van der Waals surface area contributed by atoms with Gasteiger partial charge in [-0.15, -0.1) is 0 Å². The number of pyridine rings is 1. The Labute approximate surface area is 221 Å². The van der Waals surface area contributed by atoms with E-state index in [0.717, 1.165) is 28.2 Å². The monoisotopic (exact) mass is 529 g/mol. The highest BCUT2D eigenvalue weighted by Gasteiger charge is 2.21. The van der Waals surface area contributed by atoms with Crippen molar-refractivity contribution in [1.29, 1.82) is 0 Å². The van der Waals surface area contributed by atoms with Crippen LogP contribution in [0.2, 0.25) is 0 Å². The molecule has 1 N–H and O–H groups in total. The Balaban J connectivity index is 1.50. The predicted molar refractivity (Wildman–Crippen MR) is 146 cm³/mol. The molecule has 0 saturated heterocycles. The molecule has 5 rings (SSSR count). The van der Waals surface area contributed by atoms with Crippen molar-refractivity contribution in [3.63, 3.8) is 0 Å². The lowest BCUT2D eigenvalue weighted by molar-refractivity contribution is 0.390. The van der Waals surface area contributed by atoms with Gasteiger partial charge in [0.05, 0.1) is 14.2 Å². The standard InChI is InChI=1S/C29H27N3O5S/c1-20-15-16-32-27(17-20)31-28(29(32)30-19-21-7-5-4-6-8-21)22-9-14-25(26(18-22)36-3)37-38(33,34)24-12-10-23(35-2)11-13-24/h4-18,30H,19H2,1-3H3. The molecule has 0 radical (unpaired) electrons. The smallest absolute Gasteiger partial charge is 0.339 e. The second-order valence-electron chi connectivity index (χ2n) is 8.66. The number of rotatable bonds is 9. The number of hydrogen-bond acceptors (Lipinski definition) is 7. The van der Waals surface area contributed by atoms with Crippen LogP contribution in [-0.2, 0) is 16.7 Å². The van der Waals surface area contributed by atoms with E-state index in [-0.39, 0.29) is 16.4 Å². The molecule has 0 bridgehead atoms. The number of aromatic nitrogens is 2. The van der Waals surface area contributed by atoms with E-state index in [9.17, 15) is 8.42 Å². The van der Waals surface area contributed by atoms with Crippen molar-refractivity contribution in [2.75, 3.05) is 19.5 Å². The maximum absolute atomic E-state index is 12.9. The number of aryl methyl sites for hydroxylation is 1. The highest BCUT2D eigenvalue weighted by atomic mass is 32.2. The summed E-state index contributed by atoms with van der Waals surface area (Å²) in [4.78, 5) is 4.88. The summed E-state index contributed by atoms with van der Waals surface area (Å²) < 4.78 is 43.9. The van der Waals surface area contributed by atoms with Gasteiger partial charge in [0.2, 0.25) is 0 Å². The Hall–Kier alpha value is -4.50. The molecule has 0 unspecified atom stereocenters. The Kier molecular flexibility index (Phi) is 6.93. The van der Waals surface area contributed by atoms with Crippen LogP contribution in [0.15, 0.2) is 96.0 Å². The van der Waals surface area contributed by atoms with Crippen molar-refractivity contribution in [3.8, 4) is 28.5 Å². The van der Waals surface area contributed by atoms with Gasteiger partial charge in [-0.1, -0.05) is 30.3 Å². The second-order valence-corrected chi connectivity index (χ2v) is 10.2. The maximum atomic E-state index is 12.9. The molecule has 2 aromatic heterocycles. The molecule has 0 spiro atoms. The number of fused-ring (bicyclic) bond motifs is 1. The van der Waals surface area contributed by atoms with Gasteiger partial charge in [0.25, 0.3) is 0 Å². The molecule has 3 aromatic carbocycles. The minimum absolute atomic E-state index is 0.00699. The van der Waals surface area contributed by atoms with Crippen LogP contribution in [0.4, 0.5) is 5.82 Å². The lowest BCUT2D eigenvalue weighted by atomic mass is 10.1. The van der Waals surface area contributed by atoms with Crippen LogP contribution in [0.1, 0.15) is 11.1 Å². The maximum Gasteiger partial charge on any atom is 0.339 e. The zero-order valence-electron chi connectivity index (χ0n) is 21.2. The van der Waals surface area contributed by atoms with E-state index in [1.165, 1.54) is 26.4 Å². The zero-order chi connectivity index (χ0) is 26.7. The molecule has 0 saturated carbocycles. The highest BCUT2D eigenvalue weighted by molar-refractivity contribution is 7.87. The molecule has 0 atom stereocenters. The lowest BCUT2D eigenvalue weighted by Crippen LogP contribution is -2.10. The van der Waals surface area contributed by atoms with Gasteiger partial charge in [0, 0.05) is 18.3 Å². The fourth-order valence-electron chi connectivity index (χ4n) is 4.09. The van der Waals surface area contributed by atoms with Crippen LogP contribution in [-0.4, -0.2) is 32.0 Å². The van der Waals surface area contributed by atoms with Crippen molar-refractivity contribution in [3.05, 3.63) is 102 Å². The van der Waals surface area contributed by atoms with Crippen LogP contribution in [0.3, 0.4) is 0 Å². The van der Waals surface area contributed by atoms with E-state index < -0.39 is 10.1 Å². The molecule has 0 aliphatic rings. The third-order valence-electron chi connectivity index (χ3n) is 6.07. The van der Waals surface area contributed by atoms with Gasteiger partial charge < -0.3 is 19.0 Å². The zero-order valence-corrected chi connectivity index (χ0v) is 22.0. The molecule has 0 fully saturated rings. The second kappa shape index (κ2) is 10.5. The Morgan fingerprint density at radius 2 is 1.63 bits per heavy atom. The van der Waals surface area contributed by atoms with E-state index in [1.54, 1.807) is 30.3 Å². The molecule has 9 heteroatoms. The first-order valence-corrected chi connectivity index (χ1v) is 13.3. The van der Waals surface area contributed by atoms with Gasteiger partial charge in [-0.05, 0) is 72.6 Å². The first kappa shape index (κ1) is 25.2. The van der Waals surface area contributed by atoms with E-state index >= 15 is 0 Å². The molecule has 194 valence electrons. The summed E-state index contributed by atoms with van der Waals surface area (Å²) in [6.45, 7) is 2.62. The first-order chi connectivity index (χ1) is 18.4. The van der Waals surface area contributed by atoms with E-state index in [2.05, 4.69) is 17.4 Å². The SMILES string of the molecule is COc1ccc(S(=O)(=O)Oc2ccc(-c3nc4cc(C)ccn4c3NCc3ccccc3)cc2OC)cc1. The normalized spacial score (nSPS) is 11.3. The summed E-state index contributed by atoms with van der Waals surface area (Å²) in [6.07, 6.45) is 1.98. The van der Waals surface area contributed by atoms with Gasteiger partial charge in [-0.2, -0.15) is 8.42 Å². The summed E-state index contributed by atoms with van der Waals surface area (Å²) in [6, 6.07) is 25.2. The Morgan fingerprint density at radius 3 is 2.34 bits per heavy atom. The van der Waals surface area contributed by atoms with Crippen LogP contribution < -0.4 is 19.0 Å². The fraction of sp³-hybridized carbons (Fsp3) is 0.138.